The monoisotopic (exact) mass is 568 g/mol. The number of halogens is 3. The summed E-state index contributed by atoms with van der Waals surface area (Å²) in [6.45, 7) is 1.26. The van der Waals surface area contributed by atoms with E-state index in [0.717, 1.165) is 21.1 Å². The smallest absolute Gasteiger partial charge is 0.294 e. The first-order valence-electron chi connectivity index (χ1n) is 10.3. The van der Waals surface area contributed by atoms with E-state index in [-0.39, 0.29) is 34.6 Å². The van der Waals surface area contributed by atoms with Gasteiger partial charge in [0.1, 0.15) is 24.7 Å². The van der Waals surface area contributed by atoms with Crippen LogP contribution in [-0.2, 0) is 20.9 Å². The Labute approximate surface area is 212 Å². The van der Waals surface area contributed by atoms with Crippen molar-refractivity contribution in [1.82, 2.24) is 9.80 Å². The Kier molecular flexibility index (Phi) is 7.92. The van der Waals surface area contributed by atoms with E-state index in [1.807, 2.05) is 0 Å². The van der Waals surface area contributed by atoms with Gasteiger partial charge in [0, 0.05) is 28.7 Å². The van der Waals surface area contributed by atoms with Crippen molar-refractivity contribution in [3.05, 3.63) is 67.7 Å². The van der Waals surface area contributed by atoms with Crippen molar-refractivity contribution in [2.24, 2.45) is 0 Å². The Bertz CT molecular complexity index is 1150. The van der Waals surface area contributed by atoms with Crippen molar-refractivity contribution in [3.8, 4) is 5.75 Å². The zero-order valence-corrected chi connectivity index (χ0v) is 20.9. The second kappa shape index (κ2) is 10.9. The third-order valence-corrected chi connectivity index (χ3v) is 6.98. The first kappa shape index (κ1) is 24.7. The molecule has 0 unspecified atom stereocenters. The summed E-state index contributed by atoms with van der Waals surface area (Å²) in [5, 5.41) is -0.279. The minimum absolute atomic E-state index is 0.122. The molecule has 0 saturated carbocycles. The highest BCUT2D eigenvalue weighted by Gasteiger charge is 2.37. The summed E-state index contributed by atoms with van der Waals surface area (Å²) in [7, 11) is 0. The molecule has 2 aliphatic rings. The highest BCUT2D eigenvalue weighted by Crippen LogP contribution is 2.35. The number of hydrogen-bond donors (Lipinski definition) is 0. The molecule has 7 nitrogen and oxygen atoms in total. The Morgan fingerprint density at radius 3 is 2.74 bits per heavy atom. The van der Waals surface area contributed by atoms with Crippen LogP contribution in [0.3, 0.4) is 0 Å². The lowest BCUT2D eigenvalue weighted by atomic mass is 10.1. The molecule has 0 radical (unpaired) electrons. The van der Waals surface area contributed by atoms with Gasteiger partial charge < -0.3 is 14.4 Å². The second-order valence-electron chi connectivity index (χ2n) is 7.43. The van der Waals surface area contributed by atoms with Crippen LogP contribution < -0.4 is 4.74 Å². The fourth-order valence-electron chi connectivity index (χ4n) is 3.41. The lowest BCUT2D eigenvalue weighted by molar-refractivity contribution is -0.139. The predicted octanol–water partition coefficient (Wildman–Crippen LogP) is 4.72. The number of morpholine rings is 1. The van der Waals surface area contributed by atoms with E-state index < -0.39 is 17.0 Å². The number of hydrogen-bond acceptors (Lipinski definition) is 6. The van der Waals surface area contributed by atoms with Gasteiger partial charge in [-0.25, -0.2) is 4.39 Å². The Balaban J connectivity index is 1.52. The van der Waals surface area contributed by atoms with Crippen LogP contribution in [0, 0.1) is 5.82 Å². The van der Waals surface area contributed by atoms with Crippen molar-refractivity contribution in [2.75, 3.05) is 32.8 Å². The molecular formula is C23H19BrClFN2O5S. The van der Waals surface area contributed by atoms with E-state index in [9.17, 15) is 18.8 Å². The third kappa shape index (κ3) is 5.63. The number of nitrogens with zero attached hydrogens (tertiary/aromatic N) is 2. The SMILES string of the molecule is O=C(CN1C(=O)S/C(=C\c2cc(Br)ccc2OCc2c(F)cccc2Cl)C1=O)N1CCOCC1. The molecule has 178 valence electrons. The Hall–Kier alpha value is -2.40. The molecule has 0 N–H and O–H groups in total. The molecule has 4 rings (SSSR count). The highest BCUT2D eigenvalue weighted by molar-refractivity contribution is 9.10. The van der Waals surface area contributed by atoms with Gasteiger partial charge in [-0.05, 0) is 48.2 Å². The van der Waals surface area contributed by atoms with Gasteiger partial charge in [-0.2, -0.15) is 0 Å². The summed E-state index contributed by atoms with van der Waals surface area (Å²) in [4.78, 5) is 40.6. The van der Waals surface area contributed by atoms with E-state index in [4.69, 9.17) is 21.1 Å². The average molecular weight is 570 g/mol. The number of carbonyl (C=O) groups is 3. The fourth-order valence-corrected chi connectivity index (χ4v) is 4.83. The first-order chi connectivity index (χ1) is 16.3. The molecule has 0 aliphatic carbocycles. The van der Waals surface area contributed by atoms with Crippen molar-refractivity contribution >= 4 is 62.4 Å². The van der Waals surface area contributed by atoms with Crippen LogP contribution >= 0.6 is 39.3 Å². The summed E-state index contributed by atoms with van der Waals surface area (Å²) >= 11 is 10.2. The average Bonchev–Trinajstić information content (AvgIpc) is 3.07. The summed E-state index contributed by atoms with van der Waals surface area (Å²) in [5.41, 5.74) is 0.715. The minimum Gasteiger partial charge on any atom is -0.488 e. The minimum atomic E-state index is -0.556. The molecule has 2 saturated heterocycles. The maximum atomic E-state index is 14.1. The van der Waals surface area contributed by atoms with Gasteiger partial charge in [0.05, 0.1) is 23.1 Å². The van der Waals surface area contributed by atoms with Crippen LogP contribution in [0.4, 0.5) is 9.18 Å². The summed E-state index contributed by atoms with van der Waals surface area (Å²) in [5.74, 6) is -0.976. The van der Waals surface area contributed by atoms with E-state index in [0.29, 0.717) is 37.6 Å². The van der Waals surface area contributed by atoms with Gasteiger partial charge >= 0.3 is 0 Å². The lowest BCUT2D eigenvalue weighted by Gasteiger charge is -2.28. The number of imide groups is 1. The largest absolute Gasteiger partial charge is 0.488 e. The zero-order valence-electron chi connectivity index (χ0n) is 17.8. The molecule has 2 fully saturated rings. The normalized spacial score (nSPS) is 17.6. The van der Waals surface area contributed by atoms with Crippen molar-refractivity contribution < 1.29 is 28.2 Å². The first-order valence-corrected chi connectivity index (χ1v) is 12.3. The molecule has 2 heterocycles. The fraction of sp³-hybridized carbons (Fsp3) is 0.261. The topological polar surface area (TPSA) is 76.2 Å². The van der Waals surface area contributed by atoms with Gasteiger partial charge in [0.15, 0.2) is 0 Å². The van der Waals surface area contributed by atoms with E-state index in [2.05, 4.69) is 15.9 Å². The molecule has 0 aromatic heterocycles. The molecule has 0 atom stereocenters. The number of ether oxygens (including phenoxy) is 2. The van der Waals surface area contributed by atoms with Crippen LogP contribution in [0.15, 0.2) is 45.8 Å². The summed E-state index contributed by atoms with van der Waals surface area (Å²) in [6.07, 6.45) is 1.52. The third-order valence-electron chi connectivity index (χ3n) is 5.22. The van der Waals surface area contributed by atoms with Crippen LogP contribution in [0.25, 0.3) is 6.08 Å². The van der Waals surface area contributed by atoms with Crippen LogP contribution in [-0.4, -0.2) is 59.7 Å². The Morgan fingerprint density at radius 1 is 1.24 bits per heavy atom. The molecule has 2 aliphatic heterocycles. The zero-order chi connectivity index (χ0) is 24.2. The van der Waals surface area contributed by atoms with Gasteiger partial charge in [-0.1, -0.05) is 33.6 Å². The number of thioether (sulfide) groups is 1. The van der Waals surface area contributed by atoms with Gasteiger partial charge in [0.25, 0.3) is 11.1 Å². The molecule has 3 amide bonds. The van der Waals surface area contributed by atoms with Crippen LogP contribution in [0.5, 0.6) is 5.75 Å². The molecule has 0 spiro atoms. The van der Waals surface area contributed by atoms with Gasteiger partial charge in [-0.15, -0.1) is 0 Å². The maximum Gasteiger partial charge on any atom is 0.294 e. The summed E-state index contributed by atoms with van der Waals surface area (Å²) in [6, 6.07) is 9.48. The molecule has 2 aromatic carbocycles. The maximum absolute atomic E-state index is 14.1. The van der Waals surface area contributed by atoms with E-state index >= 15 is 0 Å². The van der Waals surface area contributed by atoms with E-state index in [1.165, 1.54) is 18.2 Å². The second-order valence-corrected chi connectivity index (χ2v) is 9.75. The predicted molar refractivity (Wildman–Crippen MR) is 130 cm³/mol. The van der Waals surface area contributed by atoms with Gasteiger partial charge in [-0.3, -0.25) is 19.3 Å². The molecule has 34 heavy (non-hydrogen) atoms. The van der Waals surface area contributed by atoms with Crippen LogP contribution in [0.2, 0.25) is 5.02 Å². The standard InChI is InChI=1S/C23H19BrClFN2O5S/c24-15-4-5-19(33-13-16-17(25)2-1-3-18(16)26)14(10-15)11-20-22(30)28(23(31)34-20)12-21(29)27-6-8-32-9-7-27/h1-5,10-11H,6-9,12-13H2/b20-11-. The molecule has 11 heteroatoms. The van der Waals surface area contributed by atoms with Gasteiger partial charge in [0.2, 0.25) is 5.91 Å². The molecule has 0 bridgehead atoms. The Morgan fingerprint density at radius 2 is 2.00 bits per heavy atom. The highest BCUT2D eigenvalue weighted by atomic mass is 79.9. The van der Waals surface area contributed by atoms with Crippen molar-refractivity contribution in [2.45, 2.75) is 6.61 Å². The quantitative estimate of drug-likeness (QED) is 0.469. The number of carbonyl (C=O) groups excluding carboxylic acids is 3. The van der Waals surface area contributed by atoms with Crippen LogP contribution in [0.1, 0.15) is 11.1 Å². The number of rotatable bonds is 6. The van der Waals surface area contributed by atoms with Crippen molar-refractivity contribution in [3.63, 3.8) is 0 Å². The van der Waals surface area contributed by atoms with E-state index in [1.54, 1.807) is 29.2 Å². The molecule has 2 aromatic rings. The number of amides is 3. The van der Waals surface area contributed by atoms with Crippen molar-refractivity contribution in [1.29, 1.82) is 0 Å². The summed E-state index contributed by atoms with van der Waals surface area (Å²) < 4.78 is 25.9. The lowest BCUT2D eigenvalue weighted by Crippen LogP contribution is -2.46. The number of benzene rings is 2. The molecular weight excluding hydrogens is 551 g/mol.